The molecule has 10 heavy (non-hydrogen) atoms. The molecule has 0 aliphatic rings. The Morgan fingerprint density at radius 3 is 2.10 bits per heavy atom. The fourth-order valence-electron chi connectivity index (χ4n) is 0.730. The predicted molar refractivity (Wildman–Crippen MR) is 50.1 cm³/mol. The molecule has 0 saturated carbocycles. The first-order valence-corrected chi connectivity index (χ1v) is 5.66. The standard InChI is InChI=1S/C8H10S2/c1-7-3-5-8(6-4-7)10(2)9/h3-6H,1-2H3. The van der Waals surface area contributed by atoms with Crippen LogP contribution < -0.4 is 0 Å². The lowest BCUT2D eigenvalue weighted by Gasteiger charge is -1.97. The van der Waals surface area contributed by atoms with Gasteiger partial charge in [-0.2, -0.15) is 0 Å². The molecule has 0 N–H and O–H groups in total. The van der Waals surface area contributed by atoms with Gasteiger partial charge < -0.3 is 0 Å². The first kappa shape index (κ1) is 7.89. The van der Waals surface area contributed by atoms with Gasteiger partial charge in [0.05, 0.1) is 0 Å². The molecule has 0 aromatic heterocycles. The second-order valence-corrected chi connectivity index (χ2v) is 5.15. The molecule has 0 heterocycles. The van der Waals surface area contributed by atoms with E-state index >= 15 is 0 Å². The highest BCUT2D eigenvalue weighted by molar-refractivity contribution is 8.28. The van der Waals surface area contributed by atoms with Gasteiger partial charge in [-0.3, -0.25) is 0 Å². The van der Waals surface area contributed by atoms with E-state index in [1.54, 1.807) is 0 Å². The van der Waals surface area contributed by atoms with Crippen molar-refractivity contribution < 1.29 is 0 Å². The summed E-state index contributed by atoms with van der Waals surface area (Å²) in [5.41, 5.74) is 1.30. The summed E-state index contributed by atoms with van der Waals surface area (Å²) in [5.74, 6) is 0. The molecule has 0 nitrogen and oxygen atoms in total. The van der Waals surface area contributed by atoms with Gasteiger partial charge in [-0.25, -0.2) is 0 Å². The van der Waals surface area contributed by atoms with Crippen molar-refractivity contribution in [1.29, 1.82) is 0 Å². The Kier molecular flexibility index (Phi) is 2.57. The Morgan fingerprint density at radius 2 is 1.70 bits per heavy atom. The molecule has 54 valence electrons. The van der Waals surface area contributed by atoms with Gasteiger partial charge in [-0.15, -0.1) is 0 Å². The highest BCUT2D eigenvalue weighted by Crippen LogP contribution is 2.05. The number of rotatable bonds is 1. The zero-order valence-electron chi connectivity index (χ0n) is 6.13. The van der Waals surface area contributed by atoms with Gasteiger partial charge in [-0.05, 0) is 36.5 Å². The van der Waals surface area contributed by atoms with Crippen molar-refractivity contribution in [1.82, 2.24) is 0 Å². The fraction of sp³-hybridized carbons (Fsp3) is 0.250. The third kappa shape index (κ3) is 1.89. The third-order valence-electron chi connectivity index (χ3n) is 1.35. The highest BCUT2D eigenvalue weighted by atomic mass is 32.8. The molecular weight excluding hydrogens is 160 g/mol. The van der Waals surface area contributed by atoms with Crippen LogP contribution in [0.25, 0.3) is 0 Å². The Labute approximate surface area is 68.9 Å². The lowest BCUT2D eigenvalue weighted by atomic mass is 10.2. The first-order chi connectivity index (χ1) is 4.70. The van der Waals surface area contributed by atoms with Gasteiger partial charge in [-0.1, -0.05) is 27.2 Å². The van der Waals surface area contributed by atoms with Crippen molar-refractivity contribution in [3.05, 3.63) is 29.8 Å². The molecule has 1 atom stereocenters. The Hall–Kier alpha value is -0.210. The lowest BCUT2D eigenvalue weighted by molar-refractivity contribution is 1.38. The minimum absolute atomic E-state index is 0.00389. The highest BCUT2D eigenvalue weighted by Gasteiger charge is 1.90. The summed E-state index contributed by atoms with van der Waals surface area (Å²) in [6, 6.07) is 8.41. The van der Waals surface area contributed by atoms with E-state index in [0.29, 0.717) is 0 Å². The number of hydrogen-bond acceptors (Lipinski definition) is 1. The number of benzene rings is 1. The first-order valence-electron chi connectivity index (χ1n) is 3.10. The van der Waals surface area contributed by atoms with Gasteiger partial charge in [0.2, 0.25) is 0 Å². The normalized spacial score (nSPS) is 13.0. The van der Waals surface area contributed by atoms with Crippen molar-refractivity contribution in [2.24, 2.45) is 0 Å². The molecule has 2 heteroatoms. The average Bonchev–Trinajstić information content (AvgIpc) is 1.88. The van der Waals surface area contributed by atoms with Gasteiger partial charge in [0.1, 0.15) is 0 Å². The van der Waals surface area contributed by atoms with Crippen molar-refractivity contribution in [3.63, 3.8) is 0 Å². The van der Waals surface area contributed by atoms with E-state index in [-0.39, 0.29) is 9.45 Å². The summed E-state index contributed by atoms with van der Waals surface area (Å²) in [7, 11) is -0.00389. The van der Waals surface area contributed by atoms with Crippen LogP contribution in [0.15, 0.2) is 29.2 Å². The van der Waals surface area contributed by atoms with Crippen LogP contribution in [0.1, 0.15) is 5.56 Å². The zero-order valence-corrected chi connectivity index (χ0v) is 7.76. The summed E-state index contributed by atoms with van der Waals surface area (Å²) < 4.78 is 0. The van der Waals surface area contributed by atoms with Gasteiger partial charge >= 0.3 is 0 Å². The molecular formula is C8H10S2. The summed E-state index contributed by atoms with van der Waals surface area (Å²) >= 11 is 5.12. The smallest absolute Gasteiger partial charge is 0.0115 e. The van der Waals surface area contributed by atoms with Crippen molar-refractivity contribution in [3.8, 4) is 0 Å². The Morgan fingerprint density at radius 1 is 1.20 bits per heavy atom. The molecule has 1 unspecified atom stereocenters. The summed E-state index contributed by atoms with van der Waals surface area (Å²) in [6.45, 7) is 2.08. The van der Waals surface area contributed by atoms with E-state index in [9.17, 15) is 0 Å². The number of hydrogen-bond donors (Lipinski definition) is 0. The van der Waals surface area contributed by atoms with Crippen LogP contribution in [0.5, 0.6) is 0 Å². The molecule has 0 amide bonds. The monoisotopic (exact) mass is 170 g/mol. The summed E-state index contributed by atoms with van der Waals surface area (Å²) in [6.07, 6.45) is 2.06. The van der Waals surface area contributed by atoms with E-state index in [1.807, 2.05) is 0 Å². The van der Waals surface area contributed by atoms with Crippen molar-refractivity contribution in [2.75, 3.05) is 6.26 Å². The van der Waals surface area contributed by atoms with Crippen LogP contribution >= 0.6 is 0 Å². The molecule has 0 fully saturated rings. The molecule has 0 bridgehead atoms. The second-order valence-electron chi connectivity index (χ2n) is 2.27. The maximum absolute atomic E-state index is 5.12. The van der Waals surface area contributed by atoms with Crippen LogP contribution in [0.2, 0.25) is 0 Å². The SMILES string of the molecule is Cc1ccc(S(C)=S)cc1. The lowest BCUT2D eigenvalue weighted by Crippen LogP contribution is -1.83. The van der Waals surface area contributed by atoms with Gasteiger partial charge in [0.15, 0.2) is 0 Å². The van der Waals surface area contributed by atoms with Crippen LogP contribution in [0.4, 0.5) is 0 Å². The summed E-state index contributed by atoms with van der Waals surface area (Å²) in [5, 5.41) is 0. The van der Waals surface area contributed by atoms with Gasteiger partial charge in [0, 0.05) is 4.90 Å². The van der Waals surface area contributed by atoms with Crippen LogP contribution in [0.3, 0.4) is 0 Å². The third-order valence-corrected chi connectivity index (χ3v) is 2.87. The van der Waals surface area contributed by atoms with Crippen molar-refractivity contribution in [2.45, 2.75) is 11.8 Å². The number of aryl methyl sites for hydroxylation is 1. The van der Waals surface area contributed by atoms with Crippen LogP contribution in [0, 0.1) is 6.92 Å². The minimum Gasteiger partial charge on any atom is -0.0933 e. The van der Waals surface area contributed by atoms with Crippen molar-refractivity contribution >= 4 is 20.6 Å². The Bertz CT molecular complexity index is 236. The van der Waals surface area contributed by atoms with E-state index in [0.717, 1.165) is 0 Å². The molecule has 0 saturated heterocycles. The molecule has 1 aromatic carbocycles. The van der Waals surface area contributed by atoms with E-state index in [2.05, 4.69) is 37.4 Å². The maximum Gasteiger partial charge on any atom is 0.0115 e. The molecule has 1 rings (SSSR count). The molecule has 1 aromatic rings. The minimum atomic E-state index is -0.00389. The summed E-state index contributed by atoms with van der Waals surface area (Å²) in [4.78, 5) is 1.26. The average molecular weight is 170 g/mol. The second kappa shape index (κ2) is 3.26. The van der Waals surface area contributed by atoms with E-state index in [4.69, 9.17) is 11.2 Å². The Balaban J connectivity index is 3.00. The van der Waals surface area contributed by atoms with E-state index < -0.39 is 0 Å². The molecule has 0 spiro atoms. The van der Waals surface area contributed by atoms with Crippen LogP contribution in [-0.4, -0.2) is 6.26 Å². The van der Waals surface area contributed by atoms with E-state index in [1.165, 1.54) is 10.5 Å². The molecule has 0 radical (unpaired) electrons. The zero-order chi connectivity index (χ0) is 7.56. The maximum atomic E-state index is 5.12. The topological polar surface area (TPSA) is 0 Å². The van der Waals surface area contributed by atoms with Gasteiger partial charge in [0.25, 0.3) is 0 Å². The quantitative estimate of drug-likeness (QED) is 0.621. The predicted octanol–water partition coefficient (Wildman–Crippen LogP) is 2.06. The fourth-order valence-corrected chi connectivity index (χ4v) is 1.58. The largest absolute Gasteiger partial charge is 0.0933 e. The molecule has 0 aliphatic heterocycles. The van der Waals surface area contributed by atoms with Crippen LogP contribution in [-0.2, 0) is 20.6 Å². The molecule has 0 aliphatic carbocycles.